The van der Waals surface area contributed by atoms with Gasteiger partial charge in [0.15, 0.2) is 0 Å². The molecule has 0 fully saturated rings. The van der Waals surface area contributed by atoms with Crippen molar-refractivity contribution in [2.45, 2.75) is 25.0 Å². The van der Waals surface area contributed by atoms with E-state index in [0.717, 1.165) is 18.4 Å². The molecular formula is C13H22N2O3S. The minimum Gasteiger partial charge on any atom is -0.399 e. The molecule has 5 nitrogen and oxygen atoms in total. The molecule has 0 radical (unpaired) electrons. The number of aliphatic hydroxyl groups is 1. The molecule has 0 spiro atoms. The highest BCUT2D eigenvalue weighted by molar-refractivity contribution is 7.88. The number of nitrogen functional groups attached to an aromatic ring is 1. The summed E-state index contributed by atoms with van der Waals surface area (Å²) in [6.45, 7) is 0.638. The number of nitrogens with zero attached hydrogens (tertiary/aromatic N) is 1. The van der Waals surface area contributed by atoms with Gasteiger partial charge >= 0.3 is 0 Å². The average molecular weight is 286 g/mol. The maximum atomic E-state index is 12.1. The van der Waals surface area contributed by atoms with Gasteiger partial charge in [-0.15, -0.1) is 0 Å². The van der Waals surface area contributed by atoms with Crippen molar-refractivity contribution < 1.29 is 13.5 Å². The van der Waals surface area contributed by atoms with Crippen molar-refractivity contribution in [2.24, 2.45) is 0 Å². The first-order valence-corrected chi connectivity index (χ1v) is 7.96. The molecule has 19 heavy (non-hydrogen) atoms. The fourth-order valence-electron chi connectivity index (χ4n) is 1.70. The Bertz CT molecular complexity index is 471. The smallest absolute Gasteiger partial charge is 0.218 e. The number of anilines is 1. The van der Waals surface area contributed by atoms with E-state index in [0.29, 0.717) is 18.7 Å². The first-order chi connectivity index (χ1) is 8.95. The molecule has 0 aliphatic heterocycles. The number of hydrogen-bond acceptors (Lipinski definition) is 4. The molecule has 0 aliphatic rings. The predicted molar refractivity (Wildman–Crippen MR) is 77.0 cm³/mol. The van der Waals surface area contributed by atoms with Crippen molar-refractivity contribution in [1.29, 1.82) is 0 Å². The molecule has 0 heterocycles. The van der Waals surface area contributed by atoms with Crippen LogP contribution in [0.2, 0.25) is 0 Å². The van der Waals surface area contributed by atoms with E-state index in [4.69, 9.17) is 10.8 Å². The van der Waals surface area contributed by atoms with Crippen LogP contribution in [0.25, 0.3) is 0 Å². The van der Waals surface area contributed by atoms with E-state index in [2.05, 4.69) is 0 Å². The Labute approximate surface area is 115 Å². The zero-order valence-corrected chi connectivity index (χ0v) is 12.1. The Kier molecular flexibility index (Phi) is 6.27. The number of unbranched alkanes of at least 4 members (excludes halogenated alkanes) is 2. The molecule has 0 bridgehead atoms. The van der Waals surface area contributed by atoms with Crippen LogP contribution in [-0.4, -0.2) is 38.0 Å². The number of nitrogens with two attached hydrogens (primary N) is 1. The average Bonchev–Trinajstić information content (AvgIpc) is 2.37. The third-order valence-corrected chi connectivity index (χ3v) is 4.77. The van der Waals surface area contributed by atoms with E-state index < -0.39 is 10.0 Å². The molecule has 6 heteroatoms. The number of rotatable bonds is 8. The Balaban J connectivity index is 2.52. The first-order valence-electron chi connectivity index (χ1n) is 6.35. The summed E-state index contributed by atoms with van der Waals surface area (Å²) in [5, 5.41) is 8.67. The second-order valence-electron chi connectivity index (χ2n) is 4.60. The molecule has 3 N–H and O–H groups in total. The van der Waals surface area contributed by atoms with Crippen molar-refractivity contribution in [2.75, 3.05) is 25.9 Å². The molecule has 0 aromatic heterocycles. The molecular weight excluding hydrogens is 264 g/mol. The number of aliphatic hydroxyl groups excluding tert-OH is 1. The highest BCUT2D eigenvalue weighted by atomic mass is 32.2. The molecule has 0 atom stereocenters. The molecule has 1 aromatic carbocycles. The van der Waals surface area contributed by atoms with Crippen LogP contribution in [-0.2, 0) is 15.8 Å². The topological polar surface area (TPSA) is 83.6 Å². The normalized spacial score (nSPS) is 11.9. The highest BCUT2D eigenvalue weighted by Crippen LogP contribution is 2.12. The van der Waals surface area contributed by atoms with E-state index in [1.165, 1.54) is 4.31 Å². The molecule has 0 amide bonds. The van der Waals surface area contributed by atoms with Crippen LogP contribution < -0.4 is 5.73 Å². The van der Waals surface area contributed by atoms with Gasteiger partial charge in [0.2, 0.25) is 10.0 Å². The van der Waals surface area contributed by atoms with Crippen molar-refractivity contribution >= 4 is 15.7 Å². The SMILES string of the molecule is CN(CCCCCO)S(=O)(=O)Cc1ccc(N)cc1. The van der Waals surface area contributed by atoms with E-state index in [9.17, 15) is 8.42 Å². The summed E-state index contributed by atoms with van der Waals surface area (Å²) in [6, 6.07) is 6.86. The lowest BCUT2D eigenvalue weighted by molar-refractivity contribution is 0.281. The zero-order chi connectivity index (χ0) is 14.3. The lowest BCUT2D eigenvalue weighted by Crippen LogP contribution is -2.29. The highest BCUT2D eigenvalue weighted by Gasteiger charge is 2.17. The fraction of sp³-hybridized carbons (Fsp3) is 0.538. The summed E-state index contributed by atoms with van der Waals surface area (Å²) in [4.78, 5) is 0. The van der Waals surface area contributed by atoms with Gasteiger partial charge in [0.25, 0.3) is 0 Å². The number of benzene rings is 1. The van der Waals surface area contributed by atoms with E-state index in [1.54, 1.807) is 31.3 Å². The van der Waals surface area contributed by atoms with Gasteiger partial charge in [0.05, 0.1) is 5.75 Å². The Morgan fingerprint density at radius 3 is 2.37 bits per heavy atom. The zero-order valence-electron chi connectivity index (χ0n) is 11.2. The Morgan fingerprint density at radius 1 is 1.16 bits per heavy atom. The Morgan fingerprint density at radius 2 is 1.79 bits per heavy atom. The molecule has 0 aliphatic carbocycles. The van der Waals surface area contributed by atoms with Crippen LogP contribution in [0, 0.1) is 0 Å². The van der Waals surface area contributed by atoms with Gasteiger partial charge in [-0.1, -0.05) is 12.1 Å². The minimum absolute atomic E-state index is 0.0101. The molecule has 1 aromatic rings. The third-order valence-electron chi connectivity index (χ3n) is 2.93. The largest absolute Gasteiger partial charge is 0.399 e. The fourth-order valence-corrected chi connectivity index (χ4v) is 2.94. The van der Waals surface area contributed by atoms with Crippen LogP contribution in [0.3, 0.4) is 0 Å². The maximum Gasteiger partial charge on any atom is 0.218 e. The van der Waals surface area contributed by atoms with Crippen LogP contribution in [0.1, 0.15) is 24.8 Å². The van der Waals surface area contributed by atoms with Crippen LogP contribution >= 0.6 is 0 Å². The molecule has 1 rings (SSSR count). The molecule has 0 saturated heterocycles. The van der Waals surface area contributed by atoms with E-state index in [-0.39, 0.29) is 12.4 Å². The summed E-state index contributed by atoms with van der Waals surface area (Å²) >= 11 is 0. The van der Waals surface area contributed by atoms with Crippen molar-refractivity contribution in [3.8, 4) is 0 Å². The van der Waals surface area contributed by atoms with Crippen molar-refractivity contribution in [3.63, 3.8) is 0 Å². The summed E-state index contributed by atoms with van der Waals surface area (Å²) < 4.78 is 25.6. The molecule has 0 unspecified atom stereocenters. The van der Waals surface area contributed by atoms with Crippen LogP contribution in [0.15, 0.2) is 24.3 Å². The van der Waals surface area contributed by atoms with Gasteiger partial charge in [-0.3, -0.25) is 0 Å². The van der Waals surface area contributed by atoms with Crippen molar-refractivity contribution in [3.05, 3.63) is 29.8 Å². The first kappa shape index (κ1) is 15.9. The van der Waals surface area contributed by atoms with E-state index >= 15 is 0 Å². The van der Waals surface area contributed by atoms with Gasteiger partial charge in [-0.2, -0.15) is 0 Å². The second-order valence-corrected chi connectivity index (χ2v) is 6.68. The number of hydrogen-bond donors (Lipinski definition) is 2. The van der Waals surface area contributed by atoms with Gasteiger partial charge in [-0.25, -0.2) is 12.7 Å². The molecule has 0 saturated carbocycles. The second kappa shape index (κ2) is 7.47. The summed E-state index contributed by atoms with van der Waals surface area (Å²) in [5.41, 5.74) is 6.92. The van der Waals surface area contributed by atoms with Crippen LogP contribution in [0.5, 0.6) is 0 Å². The van der Waals surface area contributed by atoms with Gasteiger partial charge < -0.3 is 10.8 Å². The van der Waals surface area contributed by atoms with E-state index in [1.807, 2.05) is 0 Å². The summed E-state index contributed by atoms with van der Waals surface area (Å²) in [5.74, 6) is -0.0101. The standard InChI is InChI=1S/C13H22N2O3S/c1-15(9-3-2-4-10-16)19(17,18)11-12-5-7-13(14)8-6-12/h5-8,16H,2-4,9-11,14H2,1H3. The van der Waals surface area contributed by atoms with Gasteiger partial charge in [-0.05, 0) is 37.0 Å². The Hall–Kier alpha value is -1.11. The maximum absolute atomic E-state index is 12.1. The molecule has 108 valence electrons. The third kappa shape index (κ3) is 5.59. The summed E-state index contributed by atoms with van der Waals surface area (Å²) in [6.07, 6.45) is 2.31. The van der Waals surface area contributed by atoms with Crippen LogP contribution in [0.4, 0.5) is 5.69 Å². The van der Waals surface area contributed by atoms with Gasteiger partial charge in [0.1, 0.15) is 0 Å². The number of sulfonamides is 1. The predicted octanol–water partition coefficient (Wildman–Crippen LogP) is 1.19. The van der Waals surface area contributed by atoms with Crippen molar-refractivity contribution in [1.82, 2.24) is 4.31 Å². The monoisotopic (exact) mass is 286 g/mol. The summed E-state index contributed by atoms with van der Waals surface area (Å²) in [7, 11) is -1.69. The lowest BCUT2D eigenvalue weighted by Gasteiger charge is -2.17. The van der Waals surface area contributed by atoms with Gasteiger partial charge in [0, 0.05) is 25.9 Å². The lowest BCUT2D eigenvalue weighted by atomic mass is 10.2. The minimum atomic E-state index is -3.28. The quantitative estimate of drug-likeness (QED) is 0.555.